The van der Waals surface area contributed by atoms with E-state index in [0.29, 0.717) is 24.3 Å². The van der Waals surface area contributed by atoms with Crippen LogP contribution in [0.2, 0.25) is 5.02 Å². The highest BCUT2D eigenvalue weighted by Crippen LogP contribution is 2.26. The fourth-order valence-electron chi connectivity index (χ4n) is 2.01. The molecule has 0 spiro atoms. The molecular weight excluding hydrogens is 282 g/mol. The standard InChI is InChI=1S/C14H14ClNO2S/c1-8-9(15)4-2-5-10(8)16-14(19)13-11(17)6-3-7-12(13)18/h2,4-5,17H,3,6-7H2,1H3,(H,16,19). The number of aliphatic hydroxyl groups is 1. The number of thiocarbonyl (C=S) groups is 1. The number of hydrogen-bond acceptors (Lipinski definition) is 3. The summed E-state index contributed by atoms with van der Waals surface area (Å²) in [7, 11) is 0. The monoisotopic (exact) mass is 295 g/mol. The first-order chi connectivity index (χ1) is 9.00. The molecule has 0 fully saturated rings. The van der Waals surface area contributed by atoms with Gasteiger partial charge in [-0.15, -0.1) is 0 Å². The van der Waals surface area contributed by atoms with Crippen molar-refractivity contribution in [3.63, 3.8) is 0 Å². The largest absolute Gasteiger partial charge is 0.511 e. The molecule has 2 N–H and O–H groups in total. The van der Waals surface area contributed by atoms with Crippen LogP contribution in [-0.4, -0.2) is 15.9 Å². The number of Topliss-reactive ketones (excluding diaryl/α,β-unsaturated/α-hetero) is 1. The molecule has 0 atom stereocenters. The number of hydrogen-bond donors (Lipinski definition) is 2. The Bertz CT molecular complexity index is 581. The minimum Gasteiger partial charge on any atom is -0.511 e. The van der Waals surface area contributed by atoms with Gasteiger partial charge in [0, 0.05) is 23.6 Å². The number of ketones is 1. The lowest BCUT2D eigenvalue weighted by molar-refractivity contribution is -0.115. The fraction of sp³-hybridized carbons (Fsp3) is 0.286. The van der Waals surface area contributed by atoms with Crippen molar-refractivity contribution >= 4 is 40.3 Å². The molecule has 0 radical (unpaired) electrons. The average molecular weight is 296 g/mol. The van der Waals surface area contributed by atoms with Crippen LogP contribution in [0, 0.1) is 6.92 Å². The number of halogens is 1. The summed E-state index contributed by atoms with van der Waals surface area (Å²) in [5, 5.41) is 13.4. The van der Waals surface area contributed by atoms with E-state index in [1.165, 1.54) is 0 Å². The zero-order valence-corrected chi connectivity index (χ0v) is 12.1. The number of benzene rings is 1. The van der Waals surface area contributed by atoms with Crippen LogP contribution < -0.4 is 5.32 Å². The number of allylic oxidation sites excluding steroid dienone is 1. The lowest BCUT2D eigenvalue weighted by atomic mass is 9.96. The van der Waals surface area contributed by atoms with E-state index in [2.05, 4.69) is 5.32 Å². The molecule has 1 aromatic rings. The molecule has 100 valence electrons. The van der Waals surface area contributed by atoms with Gasteiger partial charge in [-0.05, 0) is 31.0 Å². The smallest absolute Gasteiger partial charge is 0.169 e. The molecule has 5 heteroatoms. The van der Waals surface area contributed by atoms with Gasteiger partial charge in [0.15, 0.2) is 5.78 Å². The third-order valence-electron chi connectivity index (χ3n) is 3.13. The van der Waals surface area contributed by atoms with Crippen LogP contribution in [0.3, 0.4) is 0 Å². The third kappa shape index (κ3) is 2.96. The van der Waals surface area contributed by atoms with E-state index in [1.54, 1.807) is 12.1 Å². The van der Waals surface area contributed by atoms with Gasteiger partial charge in [0.2, 0.25) is 0 Å². The van der Waals surface area contributed by atoms with Crippen LogP contribution in [-0.2, 0) is 4.79 Å². The molecule has 1 aliphatic carbocycles. The normalized spacial score (nSPS) is 15.6. The molecule has 1 aliphatic rings. The van der Waals surface area contributed by atoms with Crippen molar-refractivity contribution in [3.05, 3.63) is 40.1 Å². The first kappa shape index (κ1) is 14.0. The second-order valence-electron chi connectivity index (χ2n) is 4.46. The quantitative estimate of drug-likeness (QED) is 0.811. The Morgan fingerprint density at radius 1 is 1.42 bits per heavy atom. The second-order valence-corrected chi connectivity index (χ2v) is 5.28. The van der Waals surface area contributed by atoms with Crippen molar-refractivity contribution in [2.45, 2.75) is 26.2 Å². The molecule has 0 unspecified atom stereocenters. The van der Waals surface area contributed by atoms with Gasteiger partial charge in [0.1, 0.15) is 10.7 Å². The molecule has 0 saturated carbocycles. The van der Waals surface area contributed by atoms with Gasteiger partial charge in [-0.2, -0.15) is 0 Å². The fourth-order valence-corrected chi connectivity index (χ4v) is 2.53. The highest BCUT2D eigenvalue weighted by atomic mass is 35.5. The zero-order valence-electron chi connectivity index (χ0n) is 10.5. The summed E-state index contributed by atoms with van der Waals surface area (Å²) >= 11 is 11.2. The lowest BCUT2D eigenvalue weighted by Gasteiger charge is -2.18. The van der Waals surface area contributed by atoms with Crippen LogP contribution in [0.15, 0.2) is 29.5 Å². The predicted octanol–water partition coefficient (Wildman–Crippen LogP) is 3.95. The molecule has 0 saturated heterocycles. The van der Waals surface area contributed by atoms with E-state index in [-0.39, 0.29) is 22.1 Å². The zero-order chi connectivity index (χ0) is 14.0. The maximum atomic E-state index is 11.8. The maximum absolute atomic E-state index is 11.8. The summed E-state index contributed by atoms with van der Waals surface area (Å²) < 4.78 is 0. The number of carbonyl (C=O) groups is 1. The molecule has 3 nitrogen and oxygen atoms in total. The second kappa shape index (κ2) is 5.72. The van der Waals surface area contributed by atoms with Crippen molar-refractivity contribution in [1.82, 2.24) is 0 Å². The molecule has 0 aromatic heterocycles. The van der Waals surface area contributed by atoms with Crippen molar-refractivity contribution in [2.24, 2.45) is 0 Å². The SMILES string of the molecule is Cc1c(Cl)cccc1NC(=S)C1=C(O)CCCC1=O. The minimum absolute atomic E-state index is 0.0773. The molecule has 0 aliphatic heterocycles. The number of aliphatic hydroxyl groups excluding tert-OH is 1. The summed E-state index contributed by atoms with van der Waals surface area (Å²) in [6, 6.07) is 5.42. The third-order valence-corrected chi connectivity index (χ3v) is 3.84. The van der Waals surface area contributed by atoms with Gasteiger partial charge in [-0.25, -0.2) is 0 Å². The van der Waals surface area contributed by atoms with Crippen LogP contribution in [0.25, 0.3) is 0 Å². The maximum Gasteiger partial charge on any atom is 0.169 e. The Kier molecular flexibility index (Phi) is 4.22. The van der Waals surface area contributed by atoms with Crippen LogP contribution >= 0.6 is 23.8 Å². The molecule has 0 heterocycles. The van der Waals surface area contributed by atoms with Gasteiger partial charge in [-0.3, -0.25) is 4.79 Å². The van der Waals surface area contributed by atoms with Gasteiger partial charge < -0.3 is 10.4 Å². The highest BCUT2D eigenvalue weighted by Gasteiger charge is 2.24. The van der Waals surface area contributed by atoms with E-state index in [9.17, 15) is 9.90 Å². The average Bonchev–Trinajstić information content (AvgIpc) is 2.35. The van der Waals surface area contributed by atoms with Gasteiger partial charge in [0.25, 0.3) is 0 Å². The Morgan fingerprint density at radius 2 is 2.16 bits per heavy atom. The summed E-state index contributed by atoms with van der Waals surface area (Å²) in [6.07, 6.45) is 1.60. The highest BCUT2D eigenvalue weighted by molar-refractivity contribution is 7.81. The van der Waals surface area contributed by atoms with Crippen molar-refractivity contribution in [3.8, 4) is 0 Å². The van der Waals surface area contributed by atoms with Crippen molar-refractivity contribution < 1.29 is 9.90 Å². The molecular formula is C14H14ClNO2S. The Labute approximate surface area is 122 Å². The van der Waals surface area contributed by atoms with Crippen molar-refractivity contribution in [1.29, 1.82) is 0 Å². The summed E-state index contributed by atoms with van der Waals surface area (Å²) in [5.41, 5.74) is 1.84. The number of nitrogens with one attached hydrogen (secondary N) is 1. The predicted molar refractivity (Wildman–Crippen MR) is 80.9 cm³/mol. The first-order valence-electron chi connectivity index (χ1n) is 6.02. The number of rotatable bonds is 2. The topological polar surface area (TPSA) is 49.3 Å². The van der Waals surface area contributed by atoms with E-state index in [4.69, 9.17) is 23.8 Å². The lowest BCUT2D eigenvalue weighted by Crippen LogP contribution is -2.23. The van der Waals surface area contributed by atoms with Gasteiger partial charge in [-0.1, -0.05) is 29.9 Å². The van der Waals surface area contributed by atoms with Gasteiger partial charge in [0.05, 0.1) is 5.57 Å². The Morgan fingerprint density at radius 3 is 2.84 bits per heavy atom. The molecule has 19 heavy (non-hydrogen) atoms. The molecule has 0 bridgehead atoms. The summed E-state index contributed by atoms with van der Waals surface area (Å²) in [5.74, 6) is -0.0330. The Hall–Kier alpha value is -1.39. The summed E-state index contributed by atoms with van der Waals surface area (Å²) in [4.78, 5) is 12.1. The van der Waals surface area contributed by atoms with Crippen molar-refractivity contribution in [2.75, 3.05) is 5.32 Å². The number of anilines is 1. The van der Waals surface area contributed by atoms with Crippen LogP contribution in [0.1, 0.15) is 24.8 Å². The Balaban J connectivity index is 2.26. The van der Waals surface area contributed by atoms with E-state index >= 15 is 0 Å². The van der Waals surface area contributed by atoms with E-state index in [1.807, 2.05) is 13.0 Å². The van der Waals surface area contributed by atoms with Crippen LogP contribution in [0.4, 0.5) is 5.69 Å². The summed E-state index contributed by atoms with van der Waals surface area (Å²) in [6.45, 7) is 1.87. The van der Waals surface area contributed by atoms with Gasteiger partial charge >= 0.3 is 0 Å². The van der Waals surface area contributed by atoms with Crippen LogP contribution in [0.5, 0.6) is 0 Å². The molecule has 1 aromatic carbocycles. The molecule has 0 amide bonds. The number of carbonyl (C=O) groups excluding carboxylic acids is 1. The van der Waals surface area contributed by atoms with E-state index < -0.39 is 0 Å². The minimum atomic E-state index is -0.110. The first-order valence-corrected chi connectivity index (χ1v) is 6.81. The van der Waals surface area contributed by atoms with E-state index in [0.717, 1.165) is 11.3 Å². The molecule has 2 rings (SSSR count).